The van der Waals surface area contributed by atoms with Crippen molar-refractivity contribution in [3.8, 4) is 0 Å². The first-order chi connectivity index (χ1) is 8.13. The zero-order chi connectivity index (χ0) is 12.7. The Labute approximate surface area is 99.2 Å². The van der Waals surface area contributed by atoms with Gasteiger partial charge < -0.3 is 20.4 Å². The van der Waals surface area contributed by atoms with Gasteiger partial charge in [0.25, 0.3) is 0 Å². The summed E-state index contributed by atoms with van der Waals surface area (Å²) in [6, 6.07) is 8.94. The number of carbonyl (C=O) groups is 2. The summed E-state index contributed by atoms with van der Waals surface area (Å²) in [4.78, 5) is 21.0. The molecule has 0 aliphatic carbocycles. The molecule has 17 heavy (non-hydrogen) atoms. The number of carbonyl (C=O) groups excluding carboxylic acids is 2. The van der Waals surface area contributed by atoms with Crippen LogP contribution in [0.25, 0.3) is 0 Å². The molecule has 5 nitrogen and oxygen atoms in total. The number of aldehydes is 1. The Morgan fingerprint density at radius 1 is 1.41 bits per heavy atom. The van der Waals surface area contributed by atoms with E-state index in [-0.39, 0.29) is 12.8 Å². The minimum atomic E-state index is -0.905. The van der Waals surface area contributed by atoms with Crippen LogP contribution in [0.2, 0.25) is 0 Å². The van der Waals surface area contributed by atoms with Crippen molar-refractivity contribution in [3.05, 3.63) is 35.9 Å². The lowest BCUT2D eigenvalue weighted by molar-refractivity contribution is -0.109. The van der Waals surface area contributed by atoms with Crippen molar-refractivity contribution >= 4 is 12.4 Å². The van der Waals surface area contributed by atoms with Crippen LogP contribution >= 0.6 is 0 Å². The maximum Gasteiger partial charge on any atom is 0.405 e. The first-order valence-corrected chi connectivity index (χ1v) is 5.26. The van der Waals surface area contributed by atoms with E-state index < -0.39 is 18.3 Å². The van der Waals surface area contributed by atoms with E-state index in [4.69, 9.17) is 10.5 Å². The van der Waals surface area contributed by atoms with Crippen molar-refractivity contribution in [3.63, 3.8) is 0 Å². The summed E-state index contributed by atoms with van der Waals surface area (Å²) < 4.78 is 4.92. The Morgan fingerprint density at radius 3 is 2.59 bits per heavy atom. The van der Waals surface area contributed by atoms with Gasteiger partial charge in [-0.1, -0.05) is 30.3 Å². The first-order valence-electron chi connectivity index (χ1n) is 5.26. The third-order valence-electron chi connectivity index (χ3n) is 2.28. The predicted molar refractivity (Wildman–Crippen MR) is 61.2 cm³/mol. The lowest BCUT2D eigenvalue weighted by atomic mass is 10.0. The van der Waals surface area contributed by atoms with E-state index in [1.165, 1.54) is 0 Å². The van der Waals surface area contributed by atoms with Crippen LogP contribution in [0.3, 0.4) is 0 Å². The second-order valence-corrected chi connectivity index (χ2v) is 3.63. The molecule has 3 N–H and O–H groups in total. The van der Waals surface area contributed by atoms with Crippen molar-refractivity contribution in [1.29, 1.82) is 0 Å². The van der Waals surface area contributed by atoms with Crippen LogP contribution in [-0.4, -0.2) is 23.6 Å². The number of primary amides is 1. The Balaban J connectivity index is 2.73. The van der Waals surface area contributed by atoms with Gasteiger partial charge in [0.05, 0.1) is 6.10 Å². The van der Waals surface area contributed by atoms with E-state index in [1.54, 1.807) is 24.3 Å². The minimum absolute atomic E-state index is 0.00541. The molecule has 1 aromatic rings. The smallest absolute Gasteiger partial charge is 0.405 e. The largest absolute Gasteiger partial charge is 0.441 e. The molecule has 0 saturated heterocycles. The molecule has 0 aliphatic heterocycles. The van der Waals surface area contributed by atoms with Crippen molar-refractivity contribution in [2.45, 2.75) is 25.0 Å². The van der Waals surface area contributed by atoms with Gasteiger partial charge in [0, 0.05) is 12.8 Å². The normalized spacial score (nSPS) is 13.7. The topological polar surface area (TPSA) is 89.6 Å². The van der Waals surface area contributed by atoms with Gasteiger partial charge in [-0.2, -0.15) is 0 Å². The molecule has 1 amide bonds. The molecule has 0 aliphatic rings. The summed E-state index contributed by atoms with van der Waals surface area (Å²) >= 11 is 0. The van der Waals surface area contributed by atoms with Crippen LogP contribution < -0.4 is 5.73 Å². The molecule has 1 rings (SSSR count). The lowest BCUT2D eigenvalue weighted by Crippen LogP contribution is -2.21. The number of hydrogen-bond acceptors (Lipinski definition) is 4. The number of nitrogens with two attached hydrogens (primary N) is 1. The second-order valence-electron chi connectivity index (χ2n) is 3.63. The molecule has 2 atom stereocenters. The number of benzene rings is 1. The Hall–Kier alpha value is -1.88. The Bertz CT molecular complexity index is 366. The van der Waals surface area contributed by atoms with E-state index in [1.807, 2.05) is 6.07 Å². The van der Waals surface area contributed by atoms with E-state index in [2.05, 4.69) is 0 Å². The first kappa shape index (κ1) is 13.2. The summed E-state index contributed by atoms with van der Waals surface area (Å²) in [6.07, 6.45) is -1.62. The number of rotatable bonds is 6. The highest BCUT2D eigenvalue weighted by atomic mass is 16.6. The van der Waals surface area contributed by atoms with Gasteiger partial charge in [-0.25, -0.2) is 4.79 Å². The number of hydrogen-bond donors (Lipinski definition) is 2. The molecule has 0 radical (unpaired) electrons. The molecule has 0 saturated carbocycles. The highest BCUT2D eigenvalue weighted by Gasteiger charge is 2.19. The Morgan fingerprint density at radius 2 is 2.06 bits per heavy atom. The van der Waals surface area contributed by atoms with Crippen LogP contribution in [0.1, 0.15) is 24.5 Å². The fraction of sp³-hybridized carbons (Fsp3) is 0.333. The number of amides is 1. The van der Waals surface area contributed by atoms with E-state index >= 15 is 0 Å². The van der Waals surface area contributed by atoms with Gasteiger partial charge >= 0.3 is 6.09 Å². The molecular weight excluding hydrogens is 222 g/mol. The zero-order valence-corrected chi connectivity index (χ0v) is 9.28. The van der Waals surface area contributed by atoms with Crippen molar-refractivity contribution < 1.29 is 19.4 Å². The van der Waals surface area contributed by atoms with Crippen LogP contribution in [0.4, 0.5) is 4.79 Å². The maximum atomic E-state index is 10.8. The third kappa shape index (κ3) is 4.65. The Kier molecular flexibility index (Phi) is 5.16. The number of ether oxygens (including phenoxy) is 1. The molecule has 0 bridgehead atoms. The van der Waals surface area contributed by atoms with Crippen molar-refractivity contribution in [2.24, 2.45) is 5.73 Å². The van der Waals surface area contributed by atoms with Crippen molar-refractivity contribution in [1.82, 2.24) is 0 Å². The van der Waals surface area contributed by atoms with Gasteiger partial charge in [-0.3, -0.25) is 0 Å². The highest BCUT2D eigenvalue weighted by molar-refractivity contribution is 5.65. The number of aliphatic hydroxyl groups is 1. The quantitative estimate of drug-likeness (QED) is 0.726. The summed E-state index contributed by atoms with van der Waals surface area (Å²) in [7, 11) is 0. The van der Waals surface area contributed by atoms with Gasteiger partial charge in [-0.05, 0) is 5.56 Å². The van der Waals surface area contributed by atoms with E-state index in [9.17, 15) is 14.7 Å². The maximum absolute atomic E-state index is 10.8. The van der Waals surface area contributed by atoms with Crippen LogP contribution in [0.15, 0.2) is 30.3 Å². The molecule has 0 spiro atoms. The standard InChI is InChI=1S/C12H15NO4/c13-12(16)17-11(8-10(15)6-7-14)9-4-2-1-3-5-9/h1-5,7,10-11,15H,6,8H2,(H2,13,16). The highest BCUT2D eigenvalue weighted by Crippen LogP contribution is 2.23. The third-order valence-corrected chi connectivity index (χ3v) is 2.28. The van der Waals surface area contributed by atoms with Gasteiger partial charge in [0.2, 0.25) is 0 Å². The fourth-order valence-corrected chi connectivity index (χ4v) is 1.51. The van der Waals surface area contributed by atoms with Crippen molar-refractivity contribution in [2.75, 3.05) is 0 Å². The molecule has 92 valence electrons. The summed E-state index contributed by atoms with van der Waals surface area (Å²) in [6.45, 7) is 0. The summed E-state index contributed by atoms with van der Waals surface area (Å²) in [5, 5.41) is 9.53. The van der Waals surface area contributed by atoms with Crippen LogP contribution in [-0.2, 0) is 9.53 Å². The van der Waals surface area contributed by atoms with E-state index in [0.717, 1.165) is 5.56 Å². The summed E-state index contributed by atoms with van der Waals surface area (Å²) in [5.41, 5.74) is 5.70. The molecule has 5 heteroatoms. The van der Waals surface area contributed by atoms with Gasteiger partial charge in [0.1, 0.15) is 12.4 Å². The molecule has 0 fully saturated rings. The monoisotopic (exact) mass is 237 g/mol. The SMILES string of the molecule is NC(=O)OC(CC(O)CC=O)c1ccccc1. The average Bonchev–Trinajstić information content (AvgIpc) is 2.29. The lowest BCUT2D eigenvalue weighted by Gasteiger charge is -2.19. The minimum Gasteiger partial charge on any atom is -0.441 e. The average molecular weight is 237 g/mol. The zero-order valence-electron chi connectivity index (χ0n) is 9.28. The molecule has 1 aromatic carbocycles. The molecule has 0 heterocycles. The van der Waals surface area contributed by atoms with Gasteiger partial charge in [0.15, 0.2) is 0 Å². The van der Waals surface area contributed by atoms with E-state index in [0.29, 0.717) is 6.29 Å². The van der Waals surface area contributed by atoms with Crippen LogP contribution in [0, 0.1) is 0 Å². The molecular formula is C12H15NO4. The summed E-state index contributed by atoms with van der Waals surface area (Å²) in [5.74, 6) is 0. The number of aliphatic hydroxyl groups excluding tert-OH is 1. The fourth-order valence-electron chi connectivity index (χ4n) is 1.51. The molecule has 0 aromatic heterocycles. The predicted octanol–water partition coefficient (Wildman–Crippen LogP) is 1.16. The van der Waals surface area contributed by atoms with Crippen LogP contribution in [0.5, 0.6) is 0 Å². The van der Waals surface area contributed by atoms with Gasteiger partial charge in [-0.15, -0.1) is 0 Å². The molecule has 2 unspecified atom stereocenters. The second kappa shape index (κ2) is 6.65.